The quantitative estimate of drug-likeness (QED) is 0.916. The number of carbonyl (C=O) groups excluding carboxylic acids is 1. The summed E-state index contributed by atoms with van der Waals surface area (Å²) in [7, 11) is -0.923. The summed E-state index contributed by atoms with van der Waals surface area (Å²) in [4.78, 5) is 14.5. The van der Waals surface area contributed by atoms with Crippen molar-refractivity contribution in [2.75, 3.05) is 19.3 Å². The fraction of sp³-hybridized carbons (Fsp3) is 0.250. The Balaban J connectivity index is 1.71. The minimum Gasteiger partial charge on any atom is -0.508 e. The van der Waals surface area contributed by atoms with Gasteiger partial charge in [0.25, 0.3) is 5.91 Å². The topological polar surface area (TPSA) is 57.6 Å². The van der Waals surface area contributed by atoms with Crippen LogP contribution in [-0.4, -0.2) is 39.5 Å². The summed E-state index contributed by atoms with van der Waals surface area (Å²) in [5, 5.41) is 9.38. The molecule has 0 aromatic heterocycles. The standard InChI is InChI=1S/C20H21NO3S/c1-25(24)14-15-3-2-4-18(13-15)20(23)21-11-9-17(10-12-21)16-5-7-19(22)8-6-16/h2-9,13,22H,10-12,14H2,1H3. The van der Waals surface area contributed by atoms with Gasteiger partial charge >= 0.3 is 0 Å². The number of hydrogen-bond acceptors (Lipinski definition) is 3. The molecule has 25 heavy (non-hydrogen) atoms. The molecule has 1 unspecified atom stereocenters. The molecule has 1 N–H and O–H groups in total. The highest BCUT2D eigenvalue weighted by Crippen LogP contribution is 2.24. The molecule has 2 aromatic carbocycles. The monoisotopic (exact) mass is 355 g/mol. The summed E-state index contributed by atoms with van der Waals surface area (Å²) in [5.74, 6) is 0.723. The van der Waals surface area contributed by atoms with E-state index in [-0.39, 0.29) is 11.7 Å². The Bertz CT molecular complexity index is 827. The van der Waals surface area contributed by atoms with E-state index in [0.29, 0.717) is 24.4 Å². The summed E-state index contributed by atoms with van der Waals surface area (Å²) in [5.41, 5.74) is 3.84. The van der Waals surface area contributed by atoms with Crippen LogP contribution in [0.1, 0.15) is 27.9 Å². The molecule has 5 heteroatoms. The fourth-order valence-corrected chi connectivity index (χ4v) is 3.65. The Hall–Kier alpha value is -2.40. The number of phenolic OH excluding ortho intramolecular Hbond substituents is 1. The maximum Gasteiger partial charge on any atom is 0.254 e. The fourth-order valence-electron chi connectivity index (χ4n) is 3.00. The van der Waals surface area contributed by atoms with Gasteiger partial charge in [-0.1, -0.05) is 30.3 Å². The summed E-state index contributed by atoms with van der Waals surface area (Å²) >= 11 is 0. The number of phenols is 1. The maximum absolute atomic E-state index is 12.7. The van der Waals surface area contributed by atoms with Gasteiger partial charge in [-0.05, 0) is 47.4 Å². The third-order valence-electron chi connectivity index (χ3n) is 4.28. The predicted molar refractivity (Wildman–Crippen MR) is 101 cm³/mol. The number of rotatable bonds is 4. The third kappa shape index (κ3) is 4.37. The van der Waals surface area contributed by atoms with Gasteiger partial charge in [-0.25, -0.2) is 0 Å². The smallest absolute Gasteiger partial charge is 0.254 e. The van der Waals surface area contributed by atoms with Gasteiger partial charge in [-0.3, -0.25) is 9.00 Å². The van der Waals surface area contributed by atoms with Gasteiger partial charge < -0.3 is 10.0 Å². The molecular formula is C20H21NO3S. The molecule has 1 atom stereocenters. The molecule has 0 radical (unpaired) electrons. The average molecular weight is 355 g/mol. The molecule has 0 saturated carbocycles. The lowest BCUT2D eigenvalue weighted by molar-refractivity contribution is 0.0773. The summed E-state index contributed by atoms with van der Waals surface area (Å²) in [6, 6.07) is 14.5. The van der Waals surface area contributed by atoms with Gasteiger partial charge in [0.2, 0.25) is 0 Å². The first-order valence-corrected chi connectivity index (χ1v) is 9.92. The molecule has 4 nitrogen and oxygen atoms in total. The van der Waals surface area contributed by atoms with E-state index in [0.717, 1.165) is 17.5 Å². The number of hydrogen-bond donors (Lipinski definition) is 1. The normalized spacial score (nSPS) is 15.6. The van der Waals surface area contributed by atoms with Crippen LogP contribution < -0.4 is 0 Å². The summed E-state index contributed by atoms with van der Waals surface area (Å²) < 4.78 is 11.4. The van der Waals surface area contributed by atoms with E-state index in [4.69, 9.17) is 0 Å². The van der Waals surface area contributed by atoms with E-state index in [1.54, 1.807) is 18.4 Å². The van der Waals surface area contributed by atoms with Crippen LogP contribution in [0.5, 0.6) is 5.75 Å². The molecule has 130 valence electrons. The van der Waals surface area contributed by atoms with Gasteiger partial charge in [-0.2, -0.15) is 0 Å². The largest absolute Gasteiger partial charge is 0.508 e. The molecule has 0 fully saturated rings. The Labute approximate surface area is 150 Å². The van der Waals surface area contributed by atoms with E-state index in [1.807, 2.05) is 41.3 Å². The lowest BCUT2D eigenvalue weighted by Crippen LogP contribution is -2.34. The van der Waals surface area contributed by atoms with Crippen LogP contribution in [0.3, 0.4) is 0 Å². The van der Waals surface area contributed by atoms with E-state index < -0.39 is 10.8 Å². The van der Waals surface area contributed by atoms with E-state index in [2.05, 4.69) is 6.08 Å². The number of nitrogens with zero attached hydrogens (tertiary/aromatic N) is 1. The summed E-state index contributed by atoms with van der Waals surface area (Å²) in [6.07, 6.45) is 4.52. The Kier molecular flexibility index (Phi) is 5.34. The Morgan fingerprint density at radius 3 is 2.60 bits per heavy atom. The number of aromatic hydroxyl groups is 1. The first-order chi connectivity index (χ1) is 12.0. The van der Waals surface area contributed by atoms with E-state index >= 15 is 0 Å². The van der Waals surface area contributed by atoms with Gasteiger partial charge in [-0.15, -0.1) is 0 Å². The second-order valence-electron chi connectivity index (χ2n) is 6.20. The van der Waals surface area contributed by atoms with Crippen molar-refractivity contribution in [2.24, 2.45) is 0 Å². The molecule has 1 amide bonds. The van der Waals surface area contributed by atoms with Crippen molar-refractivity contribution >= 4 is 22.3 Å². The number of benzene rings is 2. The maximum atomic E-state index is 12.7. The van der Waals surface area contributed by atoms with Crippen LogP contribution >= 0.6 is 0 Å². The Morgan fingerprint density at radius 1 is 1.20 bits per heavy atom. The zero-order valence-corrected chi connectivity index (χ0v) is 15.0. The SMILES string of the molecule is CS(=O)Cc1cccc(C(=O)N2CC=C(c3ccc(O)cc3)CC2)c1. The molecule has 1 heterocycles. The minimum absolute atomic E-state index is 0.00439. The van der Waals surface area contributed by atoms with Gasteiger partial charge in [0, 0.05) is 41.5 Å². The first kappa shape index (κ1) is 17.4. The van der Waals surface area contributed by atoms with Crippen LogP contribution in [0, 0.1) is 0 Å². The molecule has 0 spiro atoms. The second kappa shape index (κ2) is 7.66. The van der Waals surface area contributed by atoms with Crippen LogP contribution in [-0.2, 0) is 16.6 Å². The van der Waals surface area contributed by atoms with Crippen molar-refractivity contribution in [3.05, 3.63) is 71.3 Å². The number of carbonyl (C=O) groups is 1. The third-order valence-corrected chi connectivity index (χ3v) is 5.02. The molecule has 0 bridgehead atoms. The lowest BCUT2D eigenvalue weighted by Gasteiger charge is -2.27. The zero-order chi connectivity index (χ0) is 17.8. The van der Waals surface area contributed by atoms with Crippen LogP contribution in [0.15, 0.2) is 54.6 Å². The molecular weight excluding hydrogens is 334 g/mol. The van der Waals surface area contributed by atoms with Gasteiger partial charge in [0.1, 0.15) is 5.75 Å². The Morgan fingerprint density at radius 2 is 1.96 bits per heavy atom. The molecule has 1 aliphatic rings. The zero-order valence-electron chi connectivity index (χ0n) is 14.1. The van der Waals surface area contributed by atoms with Crippen molar-refractivity contribution in [3.8, 4) is 5.75 Å². The van der Waals surface area contributed by atoms with E-state index in [1.165, 1.54) is 5.57 Å². The highest BCUT2D eigenvalue weighted by molar-refractivity contribution is 7.83. The average Bonchev–Trinajstić information content (AvgIpc) is 2.62. The molecule has 3 rings (SSSR count). The first-order valence-electron chi connectivity index (χ1n) is 8.19. The highest BCUT2D eigenvalue weighted by Gasteiger charge is 2.19. The van der Waals surface area contributed by atoms with Crippen LogP contribution in [0.4, 0.5) is 0 Å². The van der Waals surface area contributed by atoms with Crippen LogP contribution in [0.25, 0.3) is 5.57 Å². The van der Waals surface area contributed by atoms with Gasteiger partial charge in [0.15, 0.2) is 0 Å². The van der Waals surface area contributed by atoms with Crippen molar-refractivity contribution in [1.82, 2.24) is 4.90 Å². The molecule has 0 aliphatic carbocycles. The molecule has 2 aromatic rings. The summed E-state index contributed by atoms with van der Waals surface area (Å²) in [6.45, 7) is 1.23. The van der Waals surface area contributed by atoms with Crippen LogP contribution in [0.2, 0.25) is 0 Å². The lowest BCUT2D eigenvalue weighted by atomic mass is 9.99. The number of amides is 1. The second-order valence-corrected chi connectivity index (χ2v) is 7.63. The van der Waals surface area contributed by atoms with Crippen molar-refractivity contribution < 1.29 is 14.1 Å². The van der Waals surface area contributed by atoms with Gasteiger partial charge in [0.05, 0.1) is 0 Å². The van der Waals surface area contributed by atoms with Crippen molar-refractivity contribution in [3.63, 3.8) is 0 Å². The van der Waals surface area contributed by atoms with Crippen molar-refractivity contribution in [2.45, 2.75) is 12.2 Å². The minimum atomic E-state index is -0.923. The predicted octanol–water partition coefficient (Wildman–Crippen LogP) is 3.20. The van der Waals surface area contributed by atoms with Crippen molar-refractivity contribution in [1.29, 1.82) is 0 Å². The molecule has 1 aliphatic heterocycles. The molecule has 0 saturated heterocycles. The van der Waals surface area contributed by atoms with E-state index in [9.17, 15) is 14.1 Å². The highest BCUT2D eigenvalue weighted by atomic mass is 32.2.